The first kappa shape index (κ1) is 11.7. The van der Waals surface area contributed by atoms with E-state index in [2.05, 4.69) is 0 Å². The van der Waals surface area contributed by atoms with Gasteiger partial charge in [0, 0.05) is 10.7 Å². The molecular weight excluding hydrogens is 344 g/mol. The van der Waals surface area contributed by atoms with Crippen LogP contribution in [0.5, 0.6) is 0 Å². The topological polar surface area (TPSA) is 57.9 Å². The Balaban J connectivity index is 3.72. The molecule has 0 aliphatic heterocycles. The normalized spacial score (nSPS) is 11.0. The molecule has 0 bridgehead atoms. The molecule has 0 spiro atoms. The van der Waals surface area contributed by atoms with Crippen LogP contribution in [0.25, 0.3) is 0 Å². The highest BCUT2D eigenvalue weighted by atomic mass is 127. The van der Waals surface area contributed by atoms with Crippen LogP contribution in [0.2, 0.25) is 0 Å². The highest BCUT2D eigenvalue weighted by Crippen LogP contribution is 2.26. The molecule has 1 aromatic carbocycles. The van der Waals surface area contributed by atoms with Gasteiger partial charge in [0.05, 0.1) is 9.13 Å². The van der Waals surface area contributed by atoms with E-state index in [1.54, 1.807) is 28.7 Å². The molecule has 0 saturated carbocycles. The fourth-order valence-electron chi connectivity index (χ4n) is 0.858. The fourth-order valence-corrected chi connectivity index (χ4v) is 2.64. The SMILES string of the molecule is N#Cc1ccc(I)c(F)c1S(=O)(=O)Cl. The zero-order valence-corrected chi connectivity index (χ0v) is 10.2. The molecule has 74 valence electrons. The first-order valence-electron chi connectivity index (χ1n) is 3.20. The van der Waals surface area contributed by atoms with E-state index < -0.39 is 19.8 Å². The number of benzene rings is 1. The fraction of sp³-hybridized carbons (Fsp3) is 0. The molecule has 0 fully saturated rings. The van der Waals surface area contributed by atoms with Gasteiger partial charge < -0.3 is 0 Å². The minimum absolute atomic E-state index is 0.0980. The lowest BCUT2D eigenvalue weighted by molar-refractivity contribution is 0.570. The van der Waals surface area contributed by atoms with E-state index in [9.17, 15) is 12.8 Å². The number of halogens is 3. The Morgan fingerprint density at radius 1 is 1.50 bits per heavy atom. The predicted molar refractivity (Wildman–Crippen MR) is 56.9 cm³/mol. The summed E-state index contributed by atoms with van der Waals surface area (Å²) >= 11 is 1.62. The minimum atomic E-state index is -4.23. The van der Waals surface area contributed by atoms with E-state index in [0.29, 0.717) is 0 Å². The van der Waals surface area contributed by atoms with Crippen molar-refractivity contribution in [1.29, 1.82) is 5.26 Å². The Morgan fingerprint density at radius 2 is 2.07 bits per heavy atom. The van der Waals surface area contributed by atoms with Crippen molar-refractivity contribution in [1.82, 2.24) is 0 Å². The van der Waals surface area contributed by atoms with Gasteiger partial charge in [0.15, 0.2) is 5.82 Å². The molecule has 0 atom stereocenters. The molecule has 0 amide bonds. The molecule has 0 heterocycles. The van der Waals surface area contributed by atoms with Crippen LogP contribution in [0.3, 0.4) is 0 Å². The second-order valence-corrected chi connectivity index (χ2v) is 5.95. The Bertz CT molecular complexity index is 523. The zero-order valence-electron chi connectivity index (χ0n) is 6.46. The van der Waals surface area contributed by atoms with Crippen molar-refractivity contribution in [2.45, 2.75) is 4.90 Å². The van der Waals surface area contributed by atoms with Crippen LogP contribution in [0.4, 0.5) is 4.39 Å². The second-order valence-electron chi connectivity index (χ2n) is 2.29. The maximum atomic E-state index is 13.3. The summed E-state index contributed by atoms with van der Waals surface area (Å²) in [4.78, 5) is -0.756. The number of nitrogens with zero attached hydrogens (tertiary/aromatic N) is 1. The Labute approximate surface area is 98.0 Å². The first-order valence-corrected chi connectivity index (χ1v) is 6.59. The van der Waals surface area contributed by atoms with Crippen molar-refractivity contribution >= 4 is 42.3 Å². The first-order chi connectivity index (χ1) is 6.38. The van der Waals surface area contributed by atoms with Gasteiger partial charge in [0.25, 0.3) is 9.05 Å². The number of nitriles is 1. The van der Waals surface area contributed by atoms with E-state index in [0.717, 1.165) is 0 Å². The van der Waals surface area contributed by atoms with Crippen LogP contribution in [0, 0.1) is 20.7 Å². The maximum Gasteiger partial charge on any atom is 0.265 e. The molecule has 0 N–H and O–H groups in total. The molecule has 14 heavy (non-hydrogen) atoms. The van der Waals surface area contributed by atoms with Crippen LogP contribution >= 0.6 is 33.3 Å². The molecule has 7 heteroatoms. The van der Waals surface area contributed by atoms with Crippen LogP contribution in [-0.4, -0.2) is 8.42 Å². The predicted octanol–water partition coefficient (Wildman–Crippen LogP) is 2.23. The quantitative estimate of drug-likeness (QED) is 0.579. The molecule has 0 aliphatic rings. The molecule has 1 rings (SSSR count). The van der Waals surface area contributed by atoms with E-state index in [1.807, 2.05) is 0 Å². The summed E-state index contributed by atoms with van der Waals surface area (Å²) < 4.78 is 35.3. The van der Waals surface area contributed by atoms with Crippen LogP contribution in [-0.2, 0) is 9.05 Å². The molecule has 3 nitrogen and oxygen atoms in total. The lowest BCUT2D eigenvalue weighted by Gasteiger charge is -2.02. The number of rotatable bonds is 1. The largest absolute Gasteiger partial charge is 0.265 e. The molecule has 0 unspecified atom stereocenters. The van der Waals surface area contributed by atoms with Gasteiger partial charge in [-0.05, 0) is 34.7 Å². The van der Waals surface area contributed by atoms with Gasteiger partial charge in [-0.25, -0.2) is 12.8 Å². The lowest BCUT2D eigenvalue weighted by atomic mass is 10.2. The van der Waals surface area contributed by atoms with Gasteiger partial charge in [-0.15, -0.1) is 0 Å². The average Bonchev–Trinajstić information content (AvgIpc) is 2.07. The van der Waals surface area contributed by atoms with Crippen molar-refractivity contribution in [2.75, 3.05) is 0 Å². The number of hydrogen-bond donors (Lipinski definition) is 0. The van der Waals surface area contributed by atoms with E-state index in [1.165, 1.54) is 12.1 Å². The Kier molecular flexibility index (Phi) is 3.34. The minimum Gasteiger partial charge on any atom is -0.207 e. The number of hydrogen-bond acceptors (Lipinski definition) is 3. The van der Waals surface area contributed by atoms with Crippen molar-refractivity contribution in [2.24, 2.45) is 0 Å². The van der Waals surface area contributed by atoms with Crippen molar-refractivity contribution in [3.63, 3.8) is 0 Å². The molecule has 0 aromatic heterocycles. The van der Waals surface area contributed by atoms with Gasteiger partial charge in [0.2, 0.25) is 0 Å². The third-order valence-electron chi connectivity index (χ3n) is 1.41. The van der Waals surface area contributed by atoms with Crippen molar-refractivity contribution in [3.05, 3.63) is 27.1 Å². The van der Waals surface area contributed by atoms with Gasteiger partial charge in [0.1, 0.15) is 11.0 Å². The Morgan fingerprint density at radius 3 is 2.50 bits per heavy atom. The summed E-state index contributed by atoms with van der Waals surface area (Å²) in [5, 5.41) is 8.55. The van der Waals surface area contributed by atoms with Crippen LogP contribution in [0.15, 0.2) is 17.0 Å². The summed E-state index contributed by atoms with van der Waals surface area (Å²) in [7, 11) is 0.769. The van der Waals surface area contributed by atoms with Gasteiger partial charge in [-0.1, -0.05) is 0 Å². The van der Waals surface area contributed by atoms with E-state index >= 15 is 0 Å². The summed E-state index contributed by atoms with van der Waals surface area (Å²) in [6.07, 6.45) is 0. The molecule has 0 aliphatic carbocycles. The van der Waals surface area contributed by atoms with Crippen LogP contribution in [0.1, 0.15) is 5.56 Å². The van der Waals surface area contributed by atoms with E-state index in [4.69, 9.17) is 15.9 Å². The second kappa shape index (κ2) is 4.00. The third-order valence-corrected chi connectivity index (χ3v) is 3.60. The van der Waals surface area contributed by atoms with E-state index in [-0.39, 0.29) is 9.13 Å². The highest BCUT2D eigenvalue weighted by Gasteiger charge is 2.22. The van der Waals surface area contributed by atoms with Crippen molar-refractivity contribution in [3.8, 4) is 6.07 Å². The highest BCUT2D eigenvalue weighted by molar-refractivity contribution is 14.1. The summed E-state index contributed by atoms with van der Waals surface area (Å²) in [6.45, 7) is 0. The third kappa shape index (κ3) is 2.16. The zero-order chi connectivity index (χ0) is 10.9. The summed E-state index contributed by atoms with van der Waals surface area (Å²) in [5.41, 5.74) is -0.294. The van der Waals surface area contributed by atoms with Gasteiger partial charge in [-0.2, -0.15) is 5.26 Å². The standard InChI is InChI=1S/C7H2ClFINO2S/c8-14(12,13)7-4(3-11)1-2-5(10)6(7)9/h1-2H. The van der Waals surface area contributed by atoms with Gasteiger partial charge >= 0.3 is 0 Å². The average molecular weight is 346 g/mol. The molecule has 0 radical (unpaired) electrons. The molecular formula is C7H2ClFINO2S. The smallest absolute Gasteiger partial charge is 0.207 e. The maximum absolute atomic E-state index is 13.3. The monoisotopic (exact) mass is 345 g/mol. The molecule has 0 saturated heterocycles. The summed E-state index contributed by atoms with van der Waals surface area (Å²) in [5.74, 6) is -0.986. The van der Waals surface area contributed by atoms with Gasteiger partial charge in [-0.3, -0.25) is 0 Å². The summed E-state index contributed by atoms with van der Waals surface area (Å²) in [6, 6.07) is 4.08. The Hall–Kier alpha value is -0.390. The van der Waals surface area contributed by atoms with Crippen molar-refractivity contribution < 1.29 is 12.8 Å². The van der Waals surface area contributed by atoms with Crippen LogP contribution < -0.4 is 0 Å². The lowest BCUT2D eigenvalue weighted by Crippen LogP contribution is -2.01. The molecule has 1 aromatic rings.